The standard InChI is InChI=1S/C25H21ClFN3O2S/c1-15-25(32)30(14-23(31)29-17-6-5-7-18(13-17)33-2)22-11-10-16(26)12-20(22)24(28-15)19-8-3-4-9-21(19)27/h3-13,15H,14H2,1-2H3,(H,29,31)/t15-/m0/s1. The number of thioether (sulfide) groups is 1. The summed E-state index contributed by atoms with van der Waals surface area (Å²) in [5.41, 5.74) is 2.16. The van der Waals surface area contributed by atoms with E-state index in [-0.39, 0.29) is 23.9 Å². The summed E-state index contributed by atoms with van der Waals surface area (Å²) in [7, 11) is 0. The molecule has 0 radical (unpaired) electrons. The van der Waals surface area contributed by atoms with Gasteiger partial charge in [-0.05, 0) is 61.7 Å². The van der Waals surface area contributed by atoms with E-state index in [1.807, 2.05) is 24.5 Å². The van der Waals surface area contributed by atoms with Gasteiger partial charge in [-0.1, -0.05) is 29.8 Å². The van der Waals surface area contributed by atoms with Gasteiger partial charge in [-0.2, -0.15) is 0 Å². The van der Waals surface area contributed by atoms with Crippen molar-refractivity contribution in [1.82, 2.24) is 0 Å². The molecular formula is C25H21ClFN3O2S. The minimum Gasteiger partial charge on any atom is -0.324 e. The van der Waals surface area contributed by atoms with Gasteiger partial charge in [-0.25, -0.2) is 4.39 Å². The number of nitrogens with one attached hydrogen (secondary N) is 1. The van der Waals surface area contributed by atoms with Crippen LogP contribution in [0, 0.1) is 5.82 Å². The normalized spacial score (nSPS) is 15.5. The molecule has 33 heavy (non-hydrogen) atoms. The molecular weight excluding hydrogens is 461 g/mol. The molecule has 5 nitrogen and oxygen atoms in total. The van der Waals surface area contributed by atoms with Crippen LogP contribution in [0.25, 0.3) is 0 Å². The highest BCUT2D eigenvalue weighted by atomic mass is 35.5. The molecule has 1 aliphatic rings. The van der Waals surface area contributed by atoms with Crippen LogP contribution in [0.1, 0.15) is 18.1 Å². The molecule has 1 heterocycles. The highest BCUT2D eigenvalue weighted by molar-refractivity contribution is 7.98. The Morgan fingerprint density at radius 2 is 1.91 bits per heavy atom. The number of anilines is 2. The third kappa shape index (κ3) is 4.94. The highest BCUT2D eigenvalue weighted by Gasteiger charge is 2.31. The van der Waals surface area contributed by atoms with E-state index in [0.29, 0.717) is 27.7 Å². The zero-order valence-corrected chi connectivity index (χ0v) is 19.6. The summed E-state index contributed by atoms with van der Waals surface area (Å²) in [6.45, 7) is 1.41. The predicted molar refractivity (Wildman–Crippen MR) is 132 cm³/mol. The fourth-order valence-electron chi connectivity index (χ4n) is 3.67. The zero-order chi connectivity index (χ0) is 23.5. The summed E-state index contributed by atoms with van der Waals surface area (Å²) >= 11 is 7.82. The first-order chi connectivity index (χ1) is 15.9. The fourth-order valence-corrected chi connectivity index (χ4v) is 4.30. The van der Waals surface area contributed by atoms with Gasteiger partial charge >= 0.3 is 0 Å². The van der Waals surface area contributed by atoms with Crippen LogP contribution in [0.3, 0.4) is 0 Å². The summed E-state index contributed by atoms with van der Waals surface area (Å²) in [5.74, 6) is -1.18. The van der Waals surface area contributed by atoms with Crippen molar-refractivity contribution in [3.8, 4) is 0 Å². The molecule has 168 valence electrons. The zero-order valence-electron chi connectivity index (χ0n) is 18.0. The number of nitrogens with zero attached hydrogens (tertiary/aromatic N) is 2. The Hall–Kier alpha value is -3.16. The van der Waals surface area contributed by atoms with Crippen LogP contribution in [-0.2, 0) is 9.59 Å². The maximum Gasteiger partial charge on any atom is 0.252 e. The van der Waals surface area contributed by atoms with Crippen molar-refractivity contribution in [3.63, 3.8) is 0 Å². The van der Waals surface area contributed by atoms with E-state index in [2.05, 4.69) is 10.3 Å². The predicted octanol–water partition coefficient (Wildman–Crippen LogP) is 5.41. The van der Waals surface area contributed by atoms with Crippen LogP contribution < -0.4 is 10.2 Å². The third-order valence-electron chi connectivity index (χ3n) is 5.23. The lowest BCUT2D eigenvalue weighted by Gasteiger charge is -2.24. The van der Waals surface area contributed by atoms with Gasteiger partial charge in [0.25, 0.3) is 5.91 Å². The number of carbonyl (C=O) groups is 2. The molecule has 3 aromatic carbocycles. The molecule has 0 spiro atoms. The summed E-state index contributed by atoms with van der Waals surface area (Å²) in [6, 6.07) is 17.8. The van der Waals surface area contributed by atoms with Crippen LogP contribution in [0.4, 0.5) is 15.8 Å². The van der Waals surface area contributed by atoms with E-state index in [1.54, 1.807) is 61.2 Å². The second kappa shape index (κ2) is 9.77. The number of hydrogen-bond donors (Lipinski definition) is 1. The summed E-state index contributed by atoms with van der Waals surface area (Å²) < 4.78 is 14.7. The molecule has 0 saturated heterocycles. The number of halogens is 2. The average molecular weight is 482 g/mol. The van der Waals surface area contributed by atoms with Crippen LogP contribution in [0.15, 0.2) is 76.6 Å². The van der Waals surface area contributed by atoms with E-state index in [9.17, 15) is 14.0 Å². The fraction of sp³-hybridized carbons (Fsp3) is 0.160. The van der Waals surface area contributed by atoms with Crippen molar-refractivity contribution in [2.45, 2.75) is 17.9 Å². The number of benzene rings is 3. The van der Waals surface area contributed by atoms with E-state index in [4.69, 9.17) is 11.6 Å². The van der Waals surface area contributed by atoms with Crippen LogP contribution >= 0.6 is 23.4 Å². The summed E-state index contributed by atoms with van der Waals surface area (Å²) in [5, 5.41) is 3.26. The molecule has 1 N–H and O–H groups in total. The van der Waals surface area contributed by atoms with Gasteiger partial charge in [0, 0.05) is 26.7 Å². The third-order valence-corrected chi connectivity index (χ3v) is 6.20. The largest absolute Gasteiger partial charge is 0.324 e. The molecule has 1 aliphatic heterocycles. The Kier molecular flexibility index (Phi) is 6.81. The van der Waals surface area contributed by atoms with Gasteiger partial charge in [0.15, 0.2) is 0 Å². The minimum atomic E-state index is -0.821. The topological polar surface area (TPSA) is 61.8 Å². The molecule has 0 unspecified atom stereocenters. The lowest BCUT2D eigenvalue weighted by Crippen LogP contribution is -2.42. The number of amides is 2. The van der Waals surface area contributed by atoms with Crippen molar-refractivity contribution < 1.29 is 14.0 Å². The van der Waals surface area contributed by atoms with Crippen LogP contribution in [0.2, 0.25) is 5.02 Å². The van der Waals surface area contributed by atoms with Crippen LogP contribution in [-0.4, -0.2) is 36.4 Å². The van der Waals surface area contributed by atoms with Gasteiger partial charge in [0.2, 0.25) is 5.91 Å². The smallest absolute Gasteiger partial charge is 0.252 e. The average Bonchev–Trinajstić information content (AvgIpc) is 2.90. The van der Waals surface area contributed by atoms with E-state index in [1.165, 1.54) is 11.0 Å². The number of carbonyl (C=O) groups excluding carboxylic acids is 2. The Morgan fingerprint density at radius 3 is 2.67 bits per heavy atom. The van der Waals surface area contributed by atoms with Crippen molar-refractivity contribution in [1.29, 1.82) is 0 Å². The Morgan fingerprint density at radius 1 is 1.12 bits per heavy atom. The summed E-state index contributed by atoms with van der Waals surface area (Å²) in [6.07, 6.45) is 1.95. The lowest BCUT2D eigenvalue weighted by molar-refractivity contribution is -0.122. The second-order valence-corrected chi connectivity index (χ2v) is 8.82. The first-order valence-corrected chi connectivity index (χ1v) is 11.9. The molecule has 1 atom stereocenters. The maximum atomic E-state index is 14.7. The quantitative estimate of drug-likeness (QED) is 0.495. The van der Waals surface area contributed by atoms with E-state index in [0.717, 1.165) is 4.90 Å². The molecule has 0 aromatic heterocycles. The first-order valence-electron chi connectivity index (χ1n) is 10.3. The Labute approximate surface area is 200 Å². The molecule has 8 heteroatoms. The first kappa shape index (κ1) is 23.0. The molecule has 3 aromatic rings. The Balaban J connectivity index is 1.72. The molecule has 4 rings (SSSR count). The molecule has 0 aliphatic carbocycles. The number of benzodiazepines with no additional fused rings is 1. The molecule has 0 bridgehead atoms. The monoisotopic (exact) mass is 481 g/mol. The minimum absolute atomic E-state index is 0.221. The maximum absolute atomic E-state index is 14.7. The number of hydrogen-bond acceptors (Lipinski definition) is 4. The Bertz CT molecular complexity index is 1260. The molecule has 0 saturated carbocycles. The SMILES string of the molecule is CSc1cccc(NC(=O)CN2C(=O)[C@H](C)N=C(c3ccccc3F)c3cc(Cl)ccc32)c1. The molecule has 0 fully saturated rings. The van der Waals surface area contributed by atoms with Crippen molar-refractivity contribution in [2.24, 2.45) is 4.99 Å². The number of fused-ring (bicyclic) bond motifs is 1. The van der Waals surface area contributed by atoms with Gasteiger partial charge < -0.3 is 10.2 Å². The number of aliphatic imine (C=N–C) groups is 1. The van der Waals surface area contributed by atoms with Crippen molar-refractivity contribution >= 4 is 52.3 Å². The van der Waals surface area contributed by atoms with Gasteiger partial charge in [0.1, 0.15) is 18.4 Å². The van der Waals surface area contributed by atoms with E-state index >= 15 is 0 Å². The highest BCUT2D eigenvalue weighted by Crippen LogP contribution is 2.31. The van der Waals surface area contributed by atoms with Gasteiger partial charge in [-0.3, -0.25) is 14.6 Å². The van der Waals surface area contributed by atoms with E-state index < -0.39 is 11.9 Å². The molecule has 2 amide bonds. The second-order valence-electron chi connectivity index (χ2n) is 7.50. The van der Waals surface area contributed by atoms with Crippen molar-refractivity contribution in [2.75, 3.05) is 23.0 Å². The lowest BCUT2D eigenvalue weighted by atomic mass is 9.99. The van der Waals surface area contributed by atoms with Gasteiger partial charge in [-0.15, -0.1) is 11.8 Å². The summed E-state index contributed by atoms with van der Waals surface area (Å²) in [4.78, 5) is 33.1. The number of rotatable bonds is 5. The van der Waals surface area contributed by atoms with Crippen molar-refractivity contribution in [3.05, 3.63) is 88.7 Å². The van der Waals surface area contributed by atoms with Gasteiger partial charge in [0.05, 0.1) is 11.4 Å². The van der Waals surface area contributed by atoms with Crippen LogP contribution in [0.5, 0.6) is 0 Å².